The average Bonchev–Trinajstić information content (AvgIpc) is 2.47. The van der Waals surface area contributed by atoms with E-state index in [-0.39, 0.29) is 0 Å². The molecule has 0 radical (unpaired) electrons. The first-order chi connectivity index (χ1) is 6.27. The van der Waals surface area contributed by atoms with Crippen molar-refractivity contribution in [2.75, 3.05) is 0 Å². The molecule has 1 saturated heterocycles. The Labute approximate surface area is 78.3 Å². The molecule has 0 saturated carbocycles. The van der Waals surface area contributed by atoms with E-state index >= 15 is 0 Å². The number of hydrogen-bond acceptors (Lipinski definition) is 1. The first kappa shape index (κ1) is 8.11. The Balaban J connectivity index is 2.28. The van der Waals surface area contributed by atoms with Crippen molar-refractivity contribution in [3.8, 4) is 0 Å². The van der Waals surface area contributed by atoms with Crippen LogP contribution in [0.25, 0.3) is 0 Å². The predicted molar refractivity (Wildman–Crippen MR) is 53.2 cm³/mol. The minimum atomic E-state index is 0.300. The third kappa shape index (κ3) is 1.50. The predicted octanol–water partition coefficient (Wildman–Crippen LogP) is 3.22. The summed E-state index contributed by atoms with van der Waals surface area (Å²) >= 11 is 0. The summed E-state index contributed by atoms with van der Waals surface area (Å²) in [6.45, 7) is 7.68. The lowest BCUT2D eigenvalue weighted by molar-refractivity contribution is 0.340. The van der Waals surface area contributed by atoms with Crippen LogP contribution in [0.1, 0.15) is 17.9 Å². The standard InChI is InChI=1S/C12H12O/c1-9-8-12(10(2)13-9)11-6-4-3-5-7-11/h3-7,12H,1-2,8H2. The summed E-state index contributed by atoms with van der Waals surface area (Å²) in [6.07, 6.45) is 0.864. The van der Waals surface area contributed by atoms with E-state index in [1.807, 2.05) is 18.2 Å². The monoisotopic (exact) mass is 172 g/mol. The van der Waals surface area contributed by atoms with Crippen molar-refractivity contribution in [2.45, 2.75) is 12.3 Å². The molecule has 0 amide bonds. The molecule has 1 aliphatic heterocycles. The summed E-state index contributed by atoms with van der Waals surface area (Å²) in [7, 11) is 0. The Morgan fingerprint density at radius 2 is 1.85 bits per heavy atom. The summed E-state index contributed by atoms with van der Waals surface area (Å²) in [4.78, 5) is 0. The summed E-state index contributed by atoms with van der Waals surface area (Å²) < 4.78 is 5.34. The Morgan fingerprint density at radius 1 is 1.15 bits per heavy atom. The maximum absolute atomic E-state index is 5.34. The van der Waals surface area contributed by atoms with Crippen molar-refractivity contribution < 1.29 is 4.74 Å². The summed E-state index contributed by atoms with van der Waals surface area (Å²) in [5, 5.41) is 0. The van der Waals surface area contributed by atoms with E-state index in [1.54, 1.807) is 0 Å². The fraction of sp³-hybridized carbons (Fsp3) is 0.167. The third-order valence-electron chi connectivity index (χ3n) is 2.30. The summed E-state index contributed by atoms with van der Waals surface area (Å²) in [5.74, 6) is 1.93. The second kappa shape index (κ2) is 3.09. The van der Waals surface area contributed by atoms with E-state index in [9.17, 15) is 0 Å². The van der Waals surface area contributed by atoms with E-state index in [4.69, 9.17) is 4.74 Å². The summed E-state index contributed by atoms with van der Waals surface area (Å²) in [6, 6.07) is 10.3. The molecule has 0 aliphatic carbocycles. The van der Waals surface area contributed by atoms with Gasteiger partial charge in [-0.3, -0.25) is 0 Å². The van der Waals surface area contributed by atoms with Crippen LogP contribution < -0.4 is 0 Å². The number of allylic oxidation sites excluding steroid dienone is 2. The minimum absolute atomic E-state index is 0.300. The molecule has 1 nitrogen and oxygen atoms in total. The van der Waals surface area contributed by atoms with Gasteiger partial charge in [0.25, 0.3) is 0 Å². The molecule has 1 aromatic carbocycles. The van der Waals surface area contributed by atoms with Crippen LogP contribution in [0.5, 0.6) is 0 Å². The fourth-order valence-corrected chi connectivity index (χ4v) is 1.63. The van der Waals surface area contributed by atoms with E-state index in [0.717, 1.165) is 17.9 Å². The molecule has 1 heterocycles. The molecular weight excluding hydrogens is 160 g/mol. The molecule has 66 valence electrons. The maximum Gasteiger partial charge on any atom is 0.104 e. The Hall–Kier alpha value is -1.50. The van der Waals surface area contributed by atoms with Gasteiger partial charge >= 0.3 is 0 Å². The molecule has 0 bridgehead atoms. The van der Waals surface area contributed by atoms with E-state index in [2.05, 4.69) is 25.3 Å². The van der Waals surface area contributed by atoms with Crippen LogP contribution in [0.2, 0.25) is 0 Å². The molecule has 1 fully saturated rings. The van der Waals surface area contributed by atoms with Crippen LogP contribution in [0.3, 0.4) is 0 Å². The van der Waals surface area contributed by atoms with Crippen LogP contribution in [0, 0.1) is 0 Å². The van der Waals surface area contributed by atoms with Crippen LogP contribution in [-0.2, 0) is 4.74 Å². The van der Waals surface area contributed by atoms with Crippen molar-refractivity contribution in [1.29, 1.82) is 0 Å². The average molecular weight is 172 g/mol. The van der Waals surface area contributed by atoms with E-state index < -0.39 is 0 Å². The zero-order chi connectivity index (χ0) is 9.26. The molecule has 13 heavy (non-hydrogen) atoms. The smallest absolute Gasteiger partial charge is 0.104 e. The second-order valence-corrected chi connectivity index (χ2v) is 3.27. The molecule has 1 aromatic rings. The SMILES string of the molecule is C=C1CC(c2ccccc2)C(=C)O1. The van der Waals surface area contributed by atoms with Crippen molar-refractivity contribution in [1.82, 2.24) is 0 Å². The largest absolute Gasteiger partial charge is 0.467 e. The van der Waals surface area contributed by atoms with Crippen LogP contribution in [-0.4, -0.2) is 0 Å². The maximum atomic E-state index is 5.34. The highest BCUT2D eigenvalue weighted by Crippen LogP contribution is 2.37. The highest BCUT2D eigenvalue weighted by molar-refractivity contribution is 5.30. The zero-order valence-corrected chi connectivity index (χ0v) is 7.49. The van der Waals surface area contributed by atoms with Crippen molar-refractivity contribution in [3.05, 3.63) is 60.6 Å². The Kier molecular flexibility index (Phi) is 1.93. The molecule has 0 aromatic heterocycles. The molecule has 1 heteroatoms. The Morgan fingerprint density at radius 3 is 2.38 bits per heavy atom. The molecule has 1 unspecified atom stereocenters. The number of ether oxygens (including phenoxy) is 1. The number of rotatable bonds is 1. The van der Waals surface area contributed by atoms with Gasteiger partial charge in [0, 0.05) is 12.3 Å². The van der Waals surface area contributed by atoms with Gasteiger partial charge in [0.2, 0.25) is 0 Å². The lowest BCUT2D eigenvalue weighted by Crippen LogP contribution is -1.93. The summed E-state index contributed by atoms with van der Waals surface area (Å²) in [5.41, 5.74) is 1.26. The lowest BCUT2D eigenvalue weighted by Gasteiger charge is -2.07. The molecule has 1 aliphatic rings. The second-order valence-electron chi connectivity index (χ2n) is 3.27. The topological polar surface area (TPSA) is 9.23 Å². The van der Waals surface area contributed by atoms with Gasteiger partial charge in [-0.25, -0.2) is 0 Å². The minimum Gasteiger partial charge on any atom is -0.467 e. The highest BCUT2D eigenvalue weighted by Gasteiger charge is 2.25. The first-order valence-corrected chi connectivity index (χ1v) is 4.37. The van der Waals surface area contributed by atoms with Crippen molar-refractivity contribution >= 4 is 0 Å². The quantitative estimate of drug-likeness (QED) is 0.632. The van der Waals surface area contributed by atoms with Gasteiger partial charge in [0.15, 0.2) is 0 Å². The normalized spacial score (nSPS) is 21.7. The van der Waals surface area contributed by atoms with Crippen LogP contribution in [0.15, 0.2) is 55.0 Å². The van der Waals surface area contributed by atoms with Crippen molar-refractivity contribution in [2.24, 2.45) is 0 Å². The van der Waals surface area contributed by atoms with E-state index in [1.165, 1.54) is 5.56 Å². The van der Waals surface area contributed by atoms with Crippen LogP contribution in [0.4, 0.5) is 0 Å². The van der Waals surface area contributed by atoms with Gasteiger partial charge in [-0.15, -0.1) is 0 Å². The molecule has 0 spiro atoms. The van der Waals surface area contributed by atoms with Gasteiger partial charge in [0.1, 0.15) is 5.76 Å². The van der Waals surface area contributed by atoms with Crippen molar-refractivity contribution in [3.63, 3.8) is 0 Å². The molecule has 2 rings (SSSR count). The van der Waals surface area contributed by atoms with Crippen LogP contribution >= 0.6 is 0 Å². The third-order valence-corrected chi connectivity index (χ3v) is 2.30. The highest BCUT2D eigenvalue weighted by atomic mass is 16.5. The van der Waals surface area contributed by atoms with Gasteiger partial charge < -0.3 is 4.74 Å². The zero-order valence-electron chi connectivity index (χ0n) is 7.49. The van der Waals surface area contributed by atoms with Gasteiger partial charge in [-0.05, 0) is 5.56 Å². The van der Waals surface area contributed by atoms with E-state index in [0.29, 0.717) is 5.92 Å². The van der Waals surface area contributed by atoms with Gasteiger partial charge in [-0.2, -0.15) is 0 Å². The van der Waals surface area contributed by atoms with Gasteiger partial charge in [0.05, 0.1) is 5.76 Å². The number of benzene rings is 1. The Bertz CT molecular complexity index is 337. The molecular formula is C12H12O. The molecule has 1 atom stereocenters. The lowest BCUT2D eigenvalue weighted by atomic mass is 9.96. The fourth-order valence-electron chi connectivity index (χ4n) is 1.63. The molecule has 0 N–H and O–H groups in total. The number of hydrogen-bond donors (Lipinski definition) is 0. The van der Waals surface area contributed by atoms with Gasteiger partial charge in [-0.1, -0.05) is 43.5 Å². The first-order valence-electron chi connectivity index (χ1n) is 4.37.